The van der Waals surface area contributed by atoms with E-state index >= 15 is 0 Å². The van der Waals surface area contributed by atoms with Crippen molar-refractivity contribution >= 4 is 17.4 Å². The molecule has 3 aliphatic rings. The topological polar surface area (TPSA) is 48.5 Å². The summed E-state index contributed by atoms with van der Waals surface area (Å²) < 4.78 is 0. The fourth-order valence-electron chi connectivity index (χ4n) is 4.68. The lowest BCUT2D eigenvalue weighted by Crippen LogP contribution is -2.55. The number of amides is 2. The molecule has 1 saturated heterocycles. The van der Waals surface area contributed by atoms with Crippen LogP contribution in [-0.4, -0.2) is 53.0 Å². The van der Waals surface area contributed by atoms with Gasteiger partial charge in [0.2, 0.25) is 0 Å². The van der Waals surface area contributed by atoms with E-state index in [1.807, 2.05) is 18.0 Å². The van der Waals surface area contributed by atoms with Gasteiger partial charge in [0, 0.05) is 43.3 Å². The van der Waals surface area contributed by atoms with Gasteiger partial charge in [-0.25, -0.2) is 9.78 Å². The minimum atomic E-state index is 0.0728. The van der Waals surface area contributed by atoms with E-state index in [4.69, 9.17) is 0 Å². The predicted octanol–water partition coefficient (Wildman–Crippen LogP) is 2.47. The first-order chi connectivity index (χ1) is 11.2. The summed E-state index contributed by atoms with van der Waals surface area (Å²) in [5, 5.41) is 4.08. The molecule has 2 saturated carbocycles. The molecule has 3 fully saturated rings. The van der Waals surface area contributed by atoms with Crippen LogP contribution in [0, 0.1) is 18.8 Å². The number of hydrogen-bond acceptors (Lipinski definition) is 4. The molecule has 5 nitrogen and oxygen atoms in total. The number of carbonyl (C=O) groups excluding carboxylic acids is 1. The van der Waals surface area contributed by atoms with Gasteiger partial charge in [0.25, 0.3) is 0 Å². The maximum absolute atomic E-state index is 12.3. The molecule has 1 N–H and O–H groups in total. The van der Waals surface area contributed by atoms with Crippen molar-refractivity contribution in [2.45, 2.75) is 45.2 Å². The zero-order chi connectivity index (χ0) is 15.8. The highest BCUT2D eigenvalue weighted by Crippen LogP contribution is 2.46. The highest BCUT2D eigenvalue weighted by molar-refractivity contribution is 7.11. The number of thiazole rings is 1. The largest absolute Gasteiger partial charge is 0.333 e. The highest BCUT2D eigenvalue weighted by atomic mass is 32.1. The van der Waals surface area contributed by atoms with E-state index in [0.29, 0.717) is 6.54 Å². The molecule has 2 heterocycles. The van der Waals surface area contributed by atoms with Crippen LogP contribution in [0.25, 0.3) is 0 Å². The average Bonchev–Trinajstić information content (AvgIpc) is 3.29. The van der Waals surface area contributed by atoms with Crippen LogP contribution in [0.3, 0.4) is 0 Å². The highest BCUT2D eigenvalue weighted by Gasteiger charge is 2.42. The molecule has 1 aromatic heterocycles. The van der Waals surface area contributed by atoms with Crippen LogP contribution in [0.15, 0.2) is 6.20 Å². The van der Waals surface area contributed by atoms with Crippen molar-refractivity contribution < 1.29 is 4.79 Å². The maximum atomic E-state index is 12.3. The summed E-state index contributed by atoms with van der Waals surface area (Å²) >= 11 is 1.65. The van der Waals surface area contributed by atoms with Crippen LogP contribution < -0.4 is 5.32 Å². The molecule has 23 heavy (non-hydrogen) atoms. The second-order valence-corrected chi connectivity index (χ2v) is 8.59. The van der Waals surface area contributed by atoms with Crippen molar-refractivity contribution in [2.75, 3.05) is 26.2 Å². The van der Waals surface area contributed by atoms with Gasteiger partial charge in [0.15, 0.2) is 0 Å². The quantitative estimate of drug-likeness (QED) is 0.924. The number of aryl methyl sites for hydroxylation is 1. The van der Waals surface area contributed by atoms with Crippen LogP contribution in [-0.2, 0) is 6.54 Å². The summed E-state index contributed by atoms with van der Waals surface area (Å²) in [4.78, 5) is 22.3. The third-order valence-electron chi connectivity index (χ3n) is 5.85. The van der Waals surface area contributed by atoms with Gasteiger partial charge in [-0.3, -0.25) is 4.90 Å². The number of hydrogen-bond donors (Lipinski definition) is 1. The molecule has 6 heteroatoms. The van der Waals surface area contributed by atoms with Gasteiger partial charge in [0.05, 0.1) is 11.6 Å². The average molecular weight is 334 g/mol. The molecule has 0 radical (unpaired) electrons. The lowest BCUT2D eigenvalue weighted by Gasteiger charge is -2.40. The Hall–Kier alpha value is -1.14. The lowest BCUT2D eigenvalue weighted by molar-refractivity contribution is 0.0826. The fraction of sp³-hybridized carbons (Fsp3) is 0.765. The van der Waals surface area contributed by atoms with E-state index in [2.05, 4.69) is 15.2 Å². The van der Waals surface area contributed by atoms with E-state index < -0.39 is 0 Å². The van der Waals surface area contributed by atoms with Gasteiger partial charge in [-0.05, 0) is 38.0 Å². The molecule has 126 valence electrons. The standard InChI is InChI=1S/C17H26N4OS/c1-12-18-10-15(23-12)11-19-17(22)21-6-4-20(5-7-21)16-9-13-2-3-14(16)8-13/h10,13-14,16H,2-9,11H2,1H3,(H,19,22). The third-order valence-corrected chi connectivity index (χ3v) is 6.77. The molecule has 3 atom stereocenters. The van der Waals surface area contributed by atoms with Crippen LogP contribution in [0.1, 0.15) is 35.6 Å². The molecule has 1 aliphatic heterocycles. The third kappa shape index (κ3) is 3.24. The number of aromatic nitrogens is 1. The van der Waals surface area contributed by atoms with Crippen LogP contribution in [0.4, 0.5) is 4.79 Å². The van der Waals surface area contributed by atoms with Crippen molar-refractivity contribution in [3.05, 3.63) is 16.1 Å². The van der Waals surface area contributed by atoms with Gasteiger partial charge >= 0.3 is 6.03 Å². The first kappa shape index (κ1) is 15.4. The van der Waals surface area contributed by atoms with E-state index in [1.165, 1.54) is 25.7 Å². The minimum Gasteiger partial charge on any atom is -0.333 e. The predicted molar refractivity (Wildman–Crippen MR) is 91.5 cm³/mol. The maximum Gasteiger partial charge on any atom is 0.317 e. The van der Waals surface area contributed by atoms with Gasteiger partial charge < -0.3 is 10.2 Å². The normalized spacial score (nSPS) is 30.8. The molecule has 3 unspecified atom stereocenters. The number of carbonyl (C=O) groups is 1. The van der Waals surface area contributed by atoms with E-state index in [0.717, 1.165) is 53.9 Å². The Morgan fingerprint density at radius 2 is 2.13 bits per heavy atom. The van der Waals surface area contributed by atoms with Crippen LogP contribution >= 0.6 is 11.3 Å². The number of rotatable bonds is 3. The van der Waals surface area contributed by atoms with Crippen molar-refractivity contribution in [1.29, 1.82) is 0 Å². The van der Waals surface area contributed by atoms with E-state index in [1.54, 1.807) is 11.3 Å². The fourth-order valence-corrected chi connectivity index (χ4v) is 5.41. The Bertz CT molecular complexity index is 567. The second-order valence-electron chi connectivity index (χ2n) is 7.27. The van der Waals surface area contributed by atoms with Gasteiger partial charge in [0.1, 0.15) is 0 Å². The summed E-state index contributed by atoms with van der Waals surface area (Å²) in [5.41, 5.74) is 0. The number of nitrogens with one attached hydrogen (secondary N) is 1. The van der Waals surface area contributed by atoms with E-state index in [9.17, 15) is 4.79 Å². The SMILES string of the molecule is Cc1ncc(CNC(=O)N2CCN(C3CC4CCC3C4)CC2)s1. The summed E-state index contributed by atoms with van der Waals surface area (Å²) in [6.45, 7) is 6.40. The Labute approximate surface area is 142 Å². The van der Waals surface area contributed by atoms with Crippen molar-refractivity contribution in [1.82, 2.24) is 20.1 Å². The minimum absolute atomic E-state index is 0.0728. The smallest absolute Gasteiger partial charge is 0.317 e. The molecule has 0 spiro atoms. The van der Waals surface area contributed by atoms with Gasteiger partial charge in [-0.2, -0.15) is 0 Å². The molecule has 2 aliphatic carbocycles. The summed E-state index contributed by atoms with van der Waals surface area (Å²) in [6.07, 6.45) is 7.61. The zero-order valence-electron chi connectivity index (χ0n) is 13.8. The second kappa shape index (κ2) is 6.40. The first-order valence-electron chi connectivity index (χ1n) is 8.87. The first-order valence-corrected chi connectivity index (χ1v) is 9.69. The van der Waals surface area contributed by atoms with Gasteiger partial charge in [-0.1, -0.05) is 6.42 Å². The van der Waals surface area contributed by atoms with E-state index in [-0.39, 0.29) is 6.03 Å². The van der Waals surface area contributed by atoms with Crippen LogP contribution in [0.2, 0.25) is 0 Å². The van der Waals surface area contributed by atoms with Crippen molar-refractivity contribution in [2.24, 2.45) is 11.8 Å². The van der Waals surface area contributed by atoms with Gasteiger partial charge in [-0.15, -0.1) is 11.3 Å². The van der Waals surface area contributed by atoms with Crippen molar-refractivity contribution in [3.8, 4) is 0 Å². The summed E-state index contributed by atoms with van der Waals surface area (Å²) in [5.74, 6) is 1.93. The molecule has 1 aromatic rings. The van der Waals surface area contributed by atoms with Crippen molar-refractivity contribution in [3.63, 3.8) is 0 Å². The zero-order valence-corrected chi connectivity index (χ0v) is 14.6. The molecule has 2 bridgehead atoms. The number of nitrogens with zero attached hydrogens (tertiary/aromatic N) is 3. The lowest BCUT2D eigenvalue weighted by atomic mass is 9.93. The molecule has 2 amide bonds. The summed E-state index contributed by atoms with van der Waals surface area (Å²) in [7, 11) is 0. The summed E-state index contributed by atoms with van der Waals surface area (Å²) in [6, 6.07) is 0.878. The molecule has 0 aromatic carbocycles. The Balaban J connectivity index is 1.23. The number of fused-ring (bicyclic) bond motifs is 2. The number of urea groups is 1. The molecule has 4 rings (SSSR count). The monoisotopic (exact) mass is 334 g/mol. The Kier molecular flexibility index (Phi) is 4.28. The van der Waals surface area contributed by atoms with Crippen LogP contribution in [0.5, 0.6) is 0 Å². The Morgan fingerprint density at radius 1 is 1.30 bits per heavy atom. The molecular weight excluding hydrogens is 308 g/mol. The number of piperazine rings is 1. The Morgan fingerprint density at radius 3 is 2.74 bits per heavy atom. The molecular formula is C17H26N4OS.